The molecule has 0 aromatic carbocycles. The van der Waals surface area contributed by atoms with E-state index in [-0.39, 0.29) is 5.91 Å². The van der Waals surface area contributed by atoms with E-state index in [1.807, 2.05) is 28.5 Å². The van der Waals surface area contributed by atoms with Gasteiger partial charge in [0.1, 0.15) is 0 Å². The summed E-state index contributed by atoms with van der Waals surface area (Å²) < 4.78 is 5.22. The Balaban J connectivity index is 1.84. The smallest absolute Gasteiger partial charge is 0.219 e. The molecule has 1 fully saturated rings. The normalized spacial score (nSPS) is 19.1. The fraction of sp³-hybridized carbons (Fsp3) is 0.923. The van der Waals surface area contributed by atoms with Crippen molar-refractivity contribution in [2.75, 3.05) is 25.5 Å². The lowest BCUT2D eigenvalue weighted by atomic mass is 10.1. The first-order valence-electron chi connectivity index (χ1n) is 6.95. The summed E-state index contributed by atoms with van der Waals surface area (Å²) in [5, 5.41) is 3.78. The maximum atomic E-state index is 11.5. The van der Waals surface area contributed by atoms with Crippen LogP contribution >= 0.6 is 21.6 Å². The van der Waals surface area contributed by atoms with Crippen molar-refractivity contribution in [3.8, 4) is 0 Å². The Labute approximate surface area is 119 Å². The van der Waals surface area contributed by atoms with Gasteiger partial charge in [0.15, 0.2) is 0 Å². The summed E-state index contributed by atoms with van der Waals surface area (Å²) in [6.07, 6.45) is 6.42. The van der Waals surface area contributed by atoms with Gasteiger partial charge in [-0.2, -0.15) is 0 Å². The van der Waals surface area contributed by atoms with Crippen LogP contribution in [0.1, 0.15) is 45.4 Å². The number of nitrogens with one attached hydrogen (secondary N) is 1. The van der Waals surface area contributed by atoms with E-state index in [0.717, 1.165) is 37.9 Å². The first-order chi connectivity index (χ1) is 8.83. The average Bonchev–Trinajstić information content (AvgIpc) is 2.87. The molecule has 1 N–H and O–H groups in total. The van der Waals surface area contributed by atoms with Crippen molar-refractivity contribution in [2.24, 2.45) is 0 Å². The van der Waals surface area contributed by atoms with Crippen molar-refractivity contribution in [2.45, 2.75) is 50.7 Å². The molecule has 5 heteroatoms. The van der Waals surface area contributed by atoms with Crippen molar-refractivity contribution in [3.63, 3.8) is 0 Å². The Morgan fingerprint density at radius 1 is 1.39 bits per heavy atom. The third-order valence-corrected chi connectivity index (χ3v) is 5.91. The van der Waals surface area contributed by atoms with E-state index < -0.39 is 0 Å². The van der Waals surface area contributed by atoms with Gasteiger partial charge in [0, 0.05) is 37.2 Å². The van der Waals surface area contributed by atoms with Gasteiger partial charge in [0.2, 0.25) is 5.91 Å². The van der Waals surface area contributed by atoms with E-state index in [4.69, 9.17) is 4.74 Å². The fourth-order valence-corrected chi connectivity index (χ4v) is 4.88. The molecule has 106 valence electrons. The Morgan fingerprint density at radius 2 is 2.28 bits per heavy atom. The zero-order valence-corrected chi connectivity index (χ0v) is 12.9. The molecule has 0 bridgehead atoms. The minimum absolute atomic E-state index is 0.194. The van der Waals surface area contributed by atoms with E-state index in [2.05, 4.69) is 5.32 Å². The number of carbonyl (C=O) groups excluding carboxylic acids is 1. The molecular formula is C13H25NO2S2. The first kappa shape index (κ1) is 16.2. The van der Waals surface area contributed by atoms with Gasteiger partial charge < -0.3 is 10.1 Å². The Bertz CT molecular complexity index is 221. The molecule has 0 radical (unpaired) electrons. The Kier molecular flexibility index (Phi) is 9.89. The van der Waals surface area contributed by atoms with E-state index in [1.165, 1.54) is 25.0 Å². The molecule has 3 nitrogen and oxygen atoms in total. The molecule has 18 heavy (non-hydrogen) atoms. The Morgan fingerprint density at radius 3 is 3.00 bits per heavy atom. The molecule has 1 aliphatic rings. The van der Waals surface area contributed by atoms with Crippen LogP contribution in [-0.4, -0.2) is 36.7 Å². The third kappa shape index (κ3) is 8.27. The van der Waals surface area contributed by atoms with Gasteiger partial charge in [-0.05, 0) is 32.6 Å². The molecule has 0 saturated carbocycles. The second kappa shape index (κ2) is 11.0. The number of amides is 1. The van der Waals surface area contributed by atoms with E-state index >= 15 is 0 Å². The van der Waals surface area contributed by atoms with Crippen LogP contribution in [0.15, 0.2) is 0 Å². The van der Waals surface area contributed by atoms with Gasteiger partial charge in [0.25, 0.3) is 0 Å². The molecule has 0 aromatic heterocycles. The molecule has 0 spiro atoms. The number of rotatable bonds is 10. The summed E-state index contributed by atoms with van der Waals surface area (Å²) in [4.78, 5) is 11.5. The average molecular weight is 291 g/mol. The van der Waals surface area contributed by atoms with Gasteiger partial charge in [0.05, 0.1) is 0 Å². The Hall–Kier alpha value is 0.130. The fourth-order valence-electron chi connectivity index (χ4n) is 1.86. The van der Waals surface area contributed by atoms with Crippen LogP contribution in [0.5, 0.6) is 0 Å². The number of ether oxygens (including phenoxy) is 1. The zero-order chi connectivity index (χ0) is 13.1. The highest BCUT2D eigenvalue weighted by Gasteiger charge is 2.15. The summed E-state index contributed by atoms with van der Waals surface area (Å²) in [7, 11) is 4.01. The largest absolute Gasteiger partial charge is 0.382 e. The SMILES string of the molecule is CCOCCCNC(=O)CCCCC1CCSS1. The van der Waals surface area contributed by atoms with Gasteiger partial charge in [-0.15, -0.1) is 0 Å². The van der Waals surface area contributed by atoms with E-state index in [0.29, 0.717) is 6.42 Å². The standard InChI is InChI=1S/C13H25NO2S2/c1-2-16-10-5-9-14-13(15)7-4-3-6-12-8-11-17-18-12/h12H,2-11H2,1H3,(H,14,15). The van der Waals surface area contributed by atoms with Crippen LogP contribution in [0.3, 0.4) is 0 Å². The van der Waals surface area contributed by atoms with Crippen molar-refractivity contribution in [1.29, 1.82) is 0 Å². The lowest BCUT2D eigenvalue weighted by molar-refractivity contribution is -0.121. The molecule has 0 aliphatic carbocycles. The second-order valence-corrected chi connectivity index (χ2v) is 7.26. The molecular weight excluding hydrogens is 266 g/mol. The van der Waals surface area contributed by atoms with Crippen molar-refractivity contribution >= 4 is 27.5 Å². The summed E-state index contributed by atoms with van der Waals surface area (Å²) in [5.41, 5.74) is 0. The number of unbranched alkanes of at least 4 members (excludes halogenated alkanes) is 1. The van der Waals surface area contributed by atoms with Gasteiger partial charge in [-0.25, -0.2) is 0 Å². The summed E-state index contributed by atoms with van der Waals surface area (Å²) >= 11 is 0. The van der Waals surface area contributed by atoms with Crippen LogP contribution in [-0.2, 0) is 9.53 Å². The maximum Gasteiger partial charge on any atom is 0.219 e. The monoisotopic (exact) mass is 291 g/mol. The lowest BCUT2D eigenvalue weighted by Crippen LogP contribution is -2.24. The highest BCUT2D eigenvalue weighted by atomic mass is 33.1. The summed E-state index contributed by atoms with van der Waals surface area (Å²) in [6.45, 7) is 4.23. The molecule has 1 heterocycles. The quantitative estimate of drug-likeness (QED) is 0.495. The van der Waals surface area contributed by atoms with Crippen molar-refractivity contribution in [3.05, 3.63) is 0 Å². The molecule has 1 rings (SSSR count). The highest BCUT2D eigenvalue weighted by molar-refractivity contribution is 8.77. The number of hydrogen-bond acceptors (Lipinski definition) is 4. The topological polar surface area (TPSA) is 38.3 Å². The van der Waals surface area contributed by atoms with Crippen molar-refractivity contribution in [1.82, 2.24) is 5.32 Å². The van der Waals surface area contributed by atoms with E-state index in [9.17, 15) is 4.79 Å². The van der Waals surface area contributed by atoms with Crippen LogP contribution in [0.2, 0.25) is 0 Å². The number of hydrogen-bond donors (Lipinski definition) is 1. The van der Waals surface area contributed by atoms with Gasteiger partial charge >= 0.3 is 0 Å². The van der Waals surface area contributed by atoms with Crippen LogP contribution in [0.4, 0.5) is 0 Å². The number of carbonyl (C=O) groups is 1. The van der Waals surface area contributed by atoms with E-state index in [1.54, 1.807) is 0 Å². The molecule has 1 amide bonds. The minimum atomic E-state index is 0.194. The maximum absolute atomic E-state index is 11.5. The molecule has 0 aromatic rings. The highest BCUT2D eigenvalue weighted by Crippen LogP contribution is 2.39. The predicted octanol–water partition coefficient (Wildman–Crippen LogP) is 3.24. The third-order valence-electron chi connectivity index (χ3n) is 2.90. The second-order valence-electron chi connectivity index (χ2n) is 4.48. The summed E-state index contributed by atoms with van der Waals surface area (Å²) in [5.74, 6) is 1.50. The van der Waals surface area contributed by atoms with Crippen molar-refractivity contribution < 1.29 is 9.53 Å². The molecule has 1 unspecified atom stereocenters. The minimum Gasteiger partial charge on any atom is -0.382 e. The zero-order valence-electron chi connectivity index (χ0n) is 11.3. The summed E-state index contributed by atoms with van der Waals surface area (Å²) in [6, 6.07) is 0. The molecule has 1 aliphatic heterocycles. The van der Waals surface area contributed by atoms with Crippen LogP contribution < -0.4 is 5.32 Å². The van der Waals surface area contributed by atoms with Crippen LogP contribution in [0.25, 0.3) is 0 Å². The lowest BCUT2D eigenvalue weighted by Gasteiger charge is -2.07. The first-order valence-corrected chi connectivity index (χ1v) is 9.34. The van der Waals surface area contributed by atoms with Gasteiger partial charge in [-0.3, -0.25) is 4.79 Å². The van der Waals surface area contributed by atoms with Crippen LogP contribution in [0, 0.1) is 0 Å². The predicted molar refractivity (Wildman–Crippen MR) is 81.0 cm³/mol. The molecule has 1 atom stereocenters. The molecule has 1 saturated heterocycles. The van der Waals surface area contributed by atoms with Gasteiger partial charge in [-0.1, -0.05) is 28.0 Å².